The number of amides is 1. The van der Waals surface area contributed by atoms with Crippen LogP contribution in [0.3, 0.4) is 0 Å². The SMILES string of the molecule is CC1CC(CN)CN1C(=O)COCCc1ccccc1. The van der Waals surface area contributed by atoms with Gasteiger partial charge in [0.2, 0.25) is 5.91 Å². The van der Waals surface area contributed by atoms with Crippen LogP contribution in [0, 0.1) is 5.92 Å². The van der Waals surface area contributed by atoms with Crippen molar-refractivity contribution < 1.29 is 9.53 Å². The molecule has 4 nitrogen and oxygen atoms in total. The van der Waals surface area contributed by atoms with E-state index in [1.165, 1.54) is 5.56 Å². The number of carbonyl (C=O) groups excluding carboxylic acids is 1. The highest BCUT2D eigenvalue weighted by Gasteiger charge is 2.31. The van der Waals surface area contributed by atoms with Crippen LogP contribution < -0.4 is 5.73 Å². The summed E-state index contributed by atoms with van der Waals surface area (Å²) in [5, 5.41) is 0. The Morgan fingerprint density at radius 2 is 2.15 bits per heavy atom. The molecule has 0 aliphatic carbocycles. The first kappa shape index (κ1) is 15.0. The Balaban J connectivity index is 1.68. The number of rotatable bonds is 6. The van der Waals surface area contributed by atoms with Gasteiger partial charge in [-0.2, -0.15) is 0 Å². The number of likely N-dealkylation sites (tertiary alicyclic amines) is 1. The lowest BCUT2D eigenvalue weighted by atomic mass is 10.1. The van der Waals surface area contributed by atoms with Crippen molar-refractivity contribution in [2.75, 3.05) is 26.3 Å². The van der Waals surface area contributed by atoms with Crippen LogP contribution in [0.1, 0.15) is 18.9 Å². The second-order valence-electron chi connectivity index (χ2n) is 5.52. The fourth-order valence-electron chi connectivity index (χ4n) is 2.74. The van der Waals surface area contributed by atoms with E-state index in [0.29, 0.717) is 19.1 Å². The van der Waals surface area contributed by atoms with Crippen molar-refractivity contribution >= 4 is 5.91 Å². The average molecular weight is 276 g/mol. The summed E-state index contributed by atoms with van der Waals surface area (Å²) < 4.78 is 5.51. The fraction of sp³-hybridized carbons (Fsp3) is 0.562. The van der Waals surface area contributed by atoms with Gasteiger partial charge in [0.25, 0.3) is 0 Å². The molecule has 0 saturated carbocycles. The number of ether oxygens (including phenoxy) is 1. The van der Waals surface area contributed by atoms with Crippen molar-refractivity contribution in [3.05, 3.63) is 35.9 Å². The van der Waals surface area contributed by atoms with E-state index in [4.69, 9.17) is 10.5 Å². The molecule has 1 aromatic rings. The largest absolute Gasteiger partial charge is 0.371 e. The lowest BCUT2D eigenvalue weighted by molar-refractivity contribution is -0.136. The summed E-state index contributed by atoms with van der Waals surface area (Å²) in [6.45, 7) is 4.27. The first-order valence-corrected chi connectivity index (χ1v) is 7.32. The molecule has 2 unspecified atom stereocenters. The zero-order chi connectivity index (χ0) is 14.4. The summed E-state index contributed by atoms with van der Waals surface area (Å²) >= 11 is 0. The van der Waals surface area contributed by atoms with Crippen LogP contribution in [-0.2, 0) is 16.0 Å². The van der Waals surface area contributed by atoms with Crippen LogP contribution >= 0.6 is 0 Å². The van der Waals surface area contributed by atoms with Gasteiger partial charge in [-0.1, -0.05) is 30.3 Å². The van der Waals surface area contributed by atoms with Gasteiger partial charge in [-0.3, -0.25) is 4.79 Å². The lowest BCUT2D eigenvalue weighted by Gasteiger charge is -2.21. The molecule has 0 spiro atoms. The van der Waals surface area contributed by atoms with E-state index in [-0.39, 0.29) is 18.6 Å². The van der Waals surface area contributed by atoms with Gasteiger partial charge >= 0.3 is 0 Å². The first-order chi connectivity index (χ1) is 9.70. The molecule has 0 bridgehead atoms. The molecule has 2 N–H and O–H groups in total. The van der Waals surface area contributed by atoms with Gasteiger partial charge < -0.3 is 15.4 Å². The van der Waals surface area contributed by atoms with Gasteiger partial charge in [-0.25, -0.2) is 0 Å². The third kappa shape index (κ3) is 4.05. The maximum absolute atomic E-state index is 12.1. The lowest BCUT2D eigenvalue weighted by Crippen LogP contribution is -2.37. The van der Waals surface area contributed by atoms with Gasteiger partial charge in [0, 0.05) is 12.6 Å². The predicted octanol–water partition coefficient (Wildman–Crippen LogP) is 1.44. The highest BCUT2D eigenvalue weighted by Crippen LogP contribution is 2.21. The third-order valence-corrected chi connectivity index (χ3v) is 3.92. The molecular formula is C16H24N2O2. The summed E-state index contributed by atoms with van der Waals surface area (Å²) in [7, 11) is 0. The summed E-state index contributed by atoms with van der Waals surface area (Å²) in [6.07, 6.45) is 1.85. The minimum atomic E-state index is 0.0847. The maximum atomic E-state index is 12.1. The van der Waals surface area contributed by atoms with Crippen molar-refractivity contribution in [1.82, 2.24) is 4.90 Å². The first-order valence-electron chi connectivity index (χ1n) is 7.32. The minimum absolute atomic E-state index is 0.0847. The molecule has 2 rings (SSSR count). The zero-order valence-corrected chi connectivity index (χ0v) is 12.1. The van der Waals surface area contributed by atoms with Crippen molar-refractivity contribution in [3.63, 3.8) is 0 Å². The van der Waals surface area contributed by atoms with Crippen LogP contribution in [0.25, 0.3) is 0 Å². The Hall–Kier alpha value is -1.39. The normalized spacial score (nSPS) is 22.2. The molecule has 0 aromatic heterocycles. The molecule has 1 aromatic carbocycles. The number of hydrogen-bond acceptors (Lipinski definition) is 3. The zero-order valence-electron chi connectivity index (χ0n) is 12.1. The molecule has 1 fully saturated rings. The smallest absolute Gasteiger partial charge is 0.248 e. The Morgan fingerprint density at radius 1 is 1.40 bits per heavy atom. The Kier molecular flexibility index (Phi) is 5.56. The molecule has 1 saturated heterocycles. The topological polar surface area (TPSA) is 55.6 Å². The predicted molar refractivity (Wildman–Crippen MR) is 79.3 cm³/mol. The second kappa shape index (κ2) is 7.41. The molecule has 20 heavy (non-hydrogen) atoms. The number of nitrogens with two attached hydrogens (primary N) is 1. The van der Waals surface area contributed by atoms with Crippen molar-refractivity contribution in [2.24, 2.45) is 11.7 Å². The van der Waals surface area contributed by atoms with Gasteiger partial charge in [0.05, 0.1) is 6.61 Å². The van der Waals surface area contributed by atoms with Gasteiger partial charge in [-0.05, 0) is 37.8 Å². The Labute approximate surface area is 120 Å². The Morgan fingerprint density at radius 3 is 2.80 bits per heavy atom. The maximum Gasteiger partial charge on any atom is 0.248 e. The molecular weight excluding hydrogens is 252 g/mol. The average Bonchev–Trinajstić information content (AvgIpc) is 2.86. The number of benzene rings is 1. The van der Waals surface area contributed by atoms with Gasteiger partial charge in [-0.15, -0.1) is 0 Å². The van der Waals surface area contributed by atoms with Crippen LogP contribution in [-0.4, -0.2) is 43.2 Å². The van der Waals surface area contributed by atoms with Crippen molar-refractivity contribution in [2.45, 2.75) is 25.8 Å². The number of nitrogens with zero attached hydrogens (tertiary/aromatic N) is 1. The molecule has 1 heterocycles. The molecule has 1 aliphatic heterocycles. The van der Waals surface area contributed by atoms with Gasteiger partial charge in [0.15, 0.2) is 0 Å². The monoisotopic (exact) mass is 276 g/mol. The minimum Gasteiger partial charge on any atom is -0.371 e. The molecule has 0 radical (unpaired) electrons. The van der Waals surface area contributed by atoms with E-state index in [2.05, 4.69) is 19.1 Å². The van der Waals surface area contributed by atoms with Crippen molar-refractivity contribution in [3.8, 4) is 0 Å². The van der Waals surface area contributed by atoms with E-state index in [9.17, 15) is 4.79 Å². The van der Waals surface area contributed by atoms with E-state index in [0.717, 1.165) is 19.4 Å². The molecule has 110 valence electrons. The third-order valence-electron chi connectivity index (χ3n) is 3.92. The van der Waals surface area contributed by atoms with E-state index in [1.54, 1.807) is 0 Å². The van der Waals surface area contributed by atoms with E-state index < -0.39 is 0 Å². The quantitative estimate of drug-likeness (QED) is 0.800. The van der Waals surface area contributed by atoms with Crippen LogP contribution in [0.5, 0.6) is 0 Å². The van der Waals surface area contributed by atoms with Crippen molar-refractivity contribution in [1.29, 1.82) is 0 Å². The number of hydrogen-bond donors (Lipinski definition) is 1. The Bertz CT molecular complexity index is 422. The summed E-state index contributed by atoms with van der Waals surface area (Å²) in [5.74, 6) is 0.528. The highest BCUT2D eigenvalue weighted by molar-refractivity contribution is 5.78. The summed E-state index contributed by atoms with van der Waals surface area (Å²) in [5.41, 5.74) is 6.91. The van der Waals surface area contributed by atoms with E-state index in [1.807, 2.05) is 23.1 Å². The van der Waals surface area contributed by atoms with Gasteiger partial charge in [0.1, 0.15) is 6.61 Å². The highest BCUT2D eigenvalue weighted by atomic mass is 16.5. The summed E-state index contributed by atoms with van der Waals surface area (Å²) in [4.78, 5) is 14.0. The second-order valence-corrected chi connectivity index (χ2v) is 5.52. The summed E-state index contributed by atoms with van der Waals surface area (Å²) in [6, 6.07) is 10.4. The van der Waals surface area contributed by atoms with E-state index >= 15 is 0 Å². The standard InChI is InChI=1S/C16H24N2O2/c1-13-9-15(10-17)11-18(13)16(19)12-20-8-7-14-5-3-2-4-6-14/h2-6,13,15H,7-12,17H2,1H3. The molecule has 4 heteroatoms. The molecule has 1 amide bonds. The van der Waals surface area contributed by atoms with Crippen LogP contribution in [0.15, 0.2) is 30.3 Å². The molecule has 2 atom stereocenters. The van der Waals surface area contributed by atoms with Crippen LogP contribution in [0.4, 0.5) is 0 Å². The van der Waals surface area contributed by atoms with Crippen LogP contribution in [0.2, 0.25) is 0 Å². The molecule has 1 aliphatic rings. The number of carbonyl (C=O) groups is 1. The fourth-order valence-corrected chi connectivity index (χ4v) is 2.74.